The van der Waals surface area contributed by atoms with Gasteiger partial charge in [0.2, 0.25) is 0 Å². The molecule has 6 aliphatic rings. The van der Waals surface area contributed by atoms with Gasteiger partial charge in [-0.1, -0.05) is 34.6 Å². The van der Waals surface area contributed by atoms with Crippen LogP contribution in [0.3, 0.4) is 0 Å². The minimum atomic E-state index is -0.459. The first-order chi connectivity index (χ1) is 16.4. The second-order valence-corrected chi connectivity index (χ2v) is 14.8. The zero-order valence-corrected chi connectivity index (χ0v) is 22.8. The van der Waals surface area contributed by atoms with Crippen molar-refractivity contribution in [3.8, 4) is 0 Å². The third-order valence-electron chi connectivity index (χ3n) is 13.8. The van der Waals surface area contributed by atoms with Crippen molar-refractivity contribution in [1.29, 1.82) is 0 Å². The van der Waals surface area contributed by atoms with Gasteiger partial charge in [-0.05, 0) is 103 Å². The summed E-state index contributed by atoms with van der Waals surface area (Å²) in [6, 6.07) is 0. The van der Waals surface area contributed by atoms with Crippen LogP contribution < -0.4 is 0 Å². The molecule has 2 spiro atoms. The maximum absolute atomic E-state index is 12.2. The maximum Gasteiger partial charge on any atom is 0.305 e. The summed E-state index contributed by atoms with van der Waals surface area (Å²) in [6.07, 6.45) is 9.47. The summed E-state index contributed by atoms with van der Waals surface area (Å²) in [5, 5.41) is 23.0. The molecule has 6 fully saturated rings. The van der Waals surface area contributed by atoms with Crippen molar-refractivity contribution in [3.05, 3.63) is 0 Å². The molecule has 12 atom stereocenters. The summed E-state index contributed by atoms with van der Waals surface area (Å²) < 4.78 is 11.6. The van der Waals surface area contributed by atoms with E-state index < -0.39 is 6.10 Å². The number of aliphatic hydroxyl groups excluding tert-OH is 2. The first-order valence-corrected chi connectivity index (χ1v) is 14.5. The Kier molecular flexibility index (Phi) is 5.27. The highest BCUT2D eigenvalue weighted by Gasteiger charge is 2.84. The molecule has 1 heterocycles. The van der Waals surface area contributed by atoms with E-state index >= 15 is 0 Å². The van der Waals surface area contributed by atoms with Gasteiger partial charge in [-0.15, -0.1) is 0 Å². The quantitative estimate of drug-likeness (QED) is 0.540. The molecule has 35 heavy (non-hydrogen) atoms. The zero-order chi connectivity index (χ0) is 25.2. The van der Waals surface area contributed by atoms with Crippen LogP contribution in [0.15, 0.2) is 0 Å². The summed E-state index contributed by atoms with van der Waals surface area (Å²) in [5.74, 6) is 1.79. The van der Waals surface area contributed by atoms with Crippen molar-refractivity contribution in [2.45, 2.75) is 123 Å². The fourth-order valence-corrected chi connectivity index (χ4v) is 12.0. The monoisotopic (exact) mass is 488 g/mol. The smallest absolute Gasteiger partial charge is 0.305 e. The lowest BCUT2D eigenvalue weighted by molar-refractivity contribution is -0.182. The molecule has 0 amide bonds. The minimum Gasteiger partial charge on any atom is -0.469 e. The van der Waals surface area contributed by atoms with Crippen LogP contribution in [-0.4, -0.2) is 47.7 Å². The van der Waals surface area contributed by atoms with Crippen LogP contribution in [0.4, 0.5) is 0 Å². The SMILES string of the molecule is COC(=O)CCC1CC(C)C2C(O1)C(O)C1(C)C3CCC4C(C)(C)C(O)CCC45CC35CCC21C. The zero-order valence-electron chi connectivity index (χ0n) is 22.8. The molecule has 0 aromatic rings. The first-order valence-electron chi connectivity index (χ1n) is 14.5. The van der Waals surface area contributed by atoms with Crippen molar-refractivity contribution < 1.29 is 24.5 Å². The molecule has 2 N–H and O–H groups in total. The van der Waals surface area contributed by atoms with Crippen LogP contribution in [0, 0.1) is 50.7 Å². The molecule has 5 heteroatoms. The number of hydrogen-bond donors (Lipinski definition) is 2. The van der Waals surface area contributed by atoms with Gasteiger partial charge in [0.1, 0.15) is 0 Å². The van der Waals surface area contributed by atoms with E-state index in [9.17, 15) is 15.0 Å². The highest BCUT2D eigenvalue weighted by molar-refractivity contribution is 5.69. The van der Waals surface area contributed by atoms with Crippen LogP contribution >= 0.6 is 0 Å². The number of methoxy groups -OCH3 is 1. The van der Waals surface area contributed by atoms with E-state index in [1.807, 2.05) is 0 Å². The summed E-state index contributed by atoms with van der Waals surface area (Å²) in [6.45, 7) is 11.9. The molecular formula is C30H48O5. The Bertz CT molecular complexity index is 901. The van der Waals surface area contributed by atoms with E-state index in [-0.39, 0.29) is 40.5 Å². The molecule has 1 aliphatic heterocycles. The normalized spacial score (nSPS) is 57.7. The molecule has 0 aromatic carbocycles. The van der Waals surface area contributed by atoms with E-state index in [0.29, 0.717) is 47.3 Å². The van der Waals surface area contributed by atoms with Crippen molar-refractivity contribution in [2.75, 3.05) is 7.11 Å². The van der Waals surface area contributed by atoms with Crippen molar-refractivity contribution in [3.63, 3.8) is 0 Å². The molecule has 198 valence electrons. The van der Waals surface area contributed by atoms with Gasteiger partial charge in [-0.3, -0.25) is 4.79 Å². The molecule has 1 saturated heterocycles. The second kappa shape index (κ2) is 7.47. The standard InChI is InChI=1S/C30H48O5/c1-17-15-18(7-10-22(32)34-6)35-24-23(17)27(4)13-14-30-16-29(30)12-11-21(31)26(2,3)19(29)8-9-20(30)28(27,5)25(24)33/h17-21,23-25,31,33H,7-16H2,1-6H3. The number of ether oxygens (including phenoxy) is 2. The highest BCUT2D eigenvalue weighted by Crippen LogP contribution is 2.89. The first kappa shape index (κ1) is 24.7. The van der Waals surface area contributed by atoms with Crippen LogP contribution in [0.25, 0.3) is 0 Å². The molecule has 5 saturated carbocycles. The summed E-state index contributed by atoms with van der Waals surface area (Å²) >= 11 is 0. The second-order valence-electron chi connectivity index (χ2n) is 14.8. The lowest BCUT2D eigenvalue weighted by atomic mass is 9.41. The van der Waals surface area contributed by atoms with Gasteiger partial charge in [0.15, 0.2) is 0 Å². The lowest BCUT2D eigenvalue weighted by Crippen LogP contribution is -2.59. The van der Waals surface area contributed by atoms with E-state index in [0.717, 1.165) is 19.3 Å². The predicted molar refractivity (Wildman–Crippen MR) is 133 cm³/mol. The van der Waals surface area contributed by atoms with E-state index in [1.165, 1.54) is 39.2 Å². The summed E-state index contributed by atoms with van der Waals surface area (Å²) in [7, 11) is 1.44. The van der Waals surface area contributed by atoms with Gasteiger partial charge in [-0.2, -0.15) is 0 Å². The van der Waals surface area contributed by atoms with E-state index in [2.05, 4.69) is 34.6 Å². The number of fused-ring (bicyclic) bond motifs is 4. The van der Waals surface area contributed by atoms with Crippen molar-refractivity contribution in [2.24, 2.45) is 50.7 Å². The number of esters is 1. The highest BCUT2D eigenvalue weighted by atomic mass is 16.5. The predicted octanol–water partition coefficient (Wildman–Crippen LogP) is 5.11. The maximum atomic E-state index is 12.2. The van der Waals surface area contributed by atoms with Crippen LogP contribution in [0.2, 0.25) is 0 Å². The lowest BCUT2D eigenvalue weighted by Gasteiger charge is -2.63. The van der Waals surface area contributed by atoms with Gasteiger partial charge in [0.25, 0.3) is 0 Å². The Labute approximate surface area is 211 Å². The topological polar surface area (TPSA) is 76.0 Å². The Balaban J connectivity index is 1.31. The average Bonchev–Trinajstić information content (AvgIpc) is 3.45. The average molecular weight is 489 g/mol. The Morgan fingerprint density at radius 2 is 1.69 bits per heavy atom. The summed E-state index contributed by atoms with van der Waals surface area (Å²) in [4.78, 5) is 11.8. The third-order valence-corrected chi connectivity index (χ3v) is 13.8. The minimum absolute atomic E-state index is 0.0128. The Morgan fingerprint density at radius 3 is 2.40 bits per heavy atom. The third kappa shape index (κ3) is 2.79. The van der Waals surface area contributed by atoms with Gasteiger partial charge in [0, 0.05) is 11.8 Å². The van der Waals surface area contributed by atoms with E-state index in [1.54, 1.807) is 0 Å². The van der Waals surface area contributed by atoms with Gasteiger partial charge in [0.05, 0.1) is 31.5 Å². The fraction of sp³-hybridized carbons (Fsp3) is 0.967. The van der Waals surface area contributed by atoms with Crippen LogP contribution in [0.5, 0.6) is 0 Å². The number of carbonyl (C=O) groups is 1. The number of rotatable bonds is 3. The molecule has 12 unspecified atom stereocenters. The molecule has 5 aliphatic carbocycles. The molecule has 0 aromatic heterocycles. The molecule has 6 rings (SSSR count). The van der Waals surface area contributed by atoms with Crippen LogP contribution in [0.1, 0.15) is 98.8 Å². The van der Waals surface area contributed by atoms with Crippen LogP contribution in [-0.2, 0) is 14.3 Å². The van der Waals surface area contributed by atoms with Gasteiger partial charge < -0.3 is 19.7 Å². The number of carbonyl (C=O) groups excluding carboxylic acids is 1. The van der Waals surface area contributed by atoms with E-state index in [4.69, 9.17) is 9.47 Å². The summed E-state index contributed by atoms with van der Waals surface area (Å²) in [5.41, 5.74) is 0.609. The molecule has 0 radical (unpaired) electrons. The number of hydrogen-bond acceptors (Lipinski definition) is 5. The Hall–Kier alpha value is -0.650. The fourth-order valence-electron chi connectivity index (χ4n) is 12.0. The molecular weight excluding hydrogens is 440 g/mol. The largest absolute Gasteiger partial charge is 0.469 e. The van der Waals surface area contributed by atoms with Crippen molar-refractivity contribution >= 4 is 5.97 Å². The number of aliphatic hydroxyl groups is 2. The van der Waals surface area contributed by atoms with Crippen molar-refractivity contribution in [1.82, 2.24) is 0 Å². The Morgan fingerprint density at radius 1 is 1.00 bits per heavy atom. The van der Waals surface area contributed by atoms with Gasteiger partial charge >= 0.3 is 5.97 Å². The molecule has 0 bridgehead atoms. The van der Waals surface area contributed by atoms with Gasteiger partial charge in [-0.25, -0.2) is 0 Å². The molecule has 5 nitrogen and oxygen atoms in total.